The Morgan fingerprint density at radius 2 is 2.14 bits per heavy atom. The molecule has 0 saturated heterocycles. The van der Waals surface area contributed by atoms with Gasteiger partial charge in [0.25, 0.3) is 0 Å². The molecular formula is C18H22N2OS. The van der Waals surface area contributed by atoms with Crippen LogP contribution in [-0.4, -0.2) is 28.9 Å². The van der Waals surface area contributed by atoms with E-state index in [0.717, 1.165) is 17.7 Å². The fraction of sp³-hybridized carbons (Fsp3) is 0.389. The third-order valence-corrected chi connectivity index (χ3v) is 5.03. The molecule has 0 unspecified atom stereocenters. The number of hydrogen-bond acceptors (Lipinski definition) is 4. The highest BCUT2D eigenvalue weighted by Gasteiger charge is 2.25. The van der Waals surface area contributed by atoms with Gasteiger partial charge in [0, 0.05) is 30.0 Å². The average Bonchev–Trinajstić information content (AvgIpc) is 2.44. The van der Waals surface area contributed by atoms with E-state index >= 15 is 0 Å². The minimum Gasteiger partial charge on any atom is -0.399 e. The van der Waals surface area contributed by atoms with Gasteiger partial charge in [-0.1, -0.05) is 29.5 Å². The maximum absolute atomic E-state index is 12.2. The van der Waals surface area contributed by atoms with Crippen molar-refractivity contribution >= 4 is 28.1 Å². The molecule has 2 aliphatic rings. The molecule has 1 fully saturated rings. The van der Waals surface area contributed by atoms with Gasteiger partial charge >= 0.3 is 0 Å². The molecule has 0 spiro atoms. The number of thioether (sulfide) groups is 1. The summed E-state index contributed by atoms with van der Waals surface area (Å²) in [5, 5.41) is 0.0648. The van der Waals surface area contributed by atoms with Crippen LogP contribution in [0.15, 0.2) is 36.0 Å². The van der Waals surface area contributed by atoms with Gasteiger partial charge in [-0.05, 0) is 55.7 Å². The van der Waals surface area contributed by atoms with Crippen molar-refractivity contribution in [2.24, 2.45) is 0 Å². The van der Waals surface area contributed by atoms with Crippen molar-refractivity contribution in [1.29, 1.82) is 0 Å². The number of hydrogen-bond donors (Lipinski definition) is 1. The first-order valence-electron chi connectivity index (χ1n) is 7.71. The molecule has 1 saturated carbocycles. The van der Waals surface area contributed by atoms with Crippen LogP contribution in [0.1, 0.15) is 42.1 Å². The van der Waals surface area contributed by atoms with Crippen LogP contribution in [0.3, 0.4) is 0 Å². The van der Waals surface area contributed by atoms with Crippen LogP contribution >= 0.6 is 11.8 Å². The van der Waals surface area contributed by atoms with E-state index in [0.29, 0.717) is 17.3 Å². The molecule has 22 heavy (non-hydrogen) atoms. The second-order valence-corrected chi connectivity index (χ2v) is 6.91. The normalized spacial score (nSPS) is 18.5. The van der Waals surface area contributed by atoms with E-state index < -0.39 is 0 Å². The fourth-order valence-electron chi connectivity index (χ4n) is 3.05. The quantitative estimate of drug-likeness (QED) is 0.859. The van der Waals surface area contributed by atoms with E-state index in [1.54, 1.807) is 6.07 Å². The highest BCUT2D eigenvalue weighted by molar-refractivity contribution is 8.13. The summed E-state index contributed by atoms with van der Waals surface area (Å²) < 4.78 is 0. The van der Waals surface area contributed by atoms with Crippen LogP contribution in [0.4, 0.5) is 5.69 Å². The van der Waals surface area contributed by atoms with E-state index in [1.165, 1.54) is 36.6 Å². The summed E-state index contributed by atoms with van der Waals surface area (Å²) >= 11 is 1.23. The Labute approximate surface area is 136 Å². The smallest absolute Gasteiger partial charge is 0.219 e. The minimum absolute atomic E-state index is 0.0648. The molecule has 0 amide bonds. The van der Waals surface area contributed by atoms with Crippen LogP contribution in [0.5, 0.6) is 0 Å². The first kappa shape index (κ1) is 15.2. The molecule has 1 aliphatic carbocycles. The summed E-state index contributed by atoms with van der Waals surface area (Å²) in [6.45, 7) is 3.15. The van der Waals surface area contributed by atoms with E-state index in [9.17, 15) is 4.79 Å². The number of nitrogen functional groups attached to an aromatic ring is 1. The Kier molecular flexibility index (Phi) is 4.30. The first-order valence-corrected chi connectivity index (χ1v) is 8.94. The zero-order valence-electron chi connectivity index (χ0n) is 13.1. The molecule has 0 radical (unpaired) electrons. The number of nitrogens with two attached hydrogens (primary N) is 1. The number of rotatable bonds is 3. The third kappa shape index (κ3) is 2.93. The molecule has 116 valence electrons. The minimum atomic E-state index is 0.0648. The number of allylic oxidation sites excluding steroid dienone is 2. The number of carbonyl (C=O) groups is 1. The zero-order chi connectivity index (χ0) is 15.7. The predicted octanol–water partition coefficient (Wildman–Crippen LogP) is 3.93. The molecule has 0 aromatic heterocycles. The summed E-state index contributed by atoms with van der Waals surface area (Å²) in [5.74, 6) is 0. The molecule has 1 heterocycles. The molecular weight excluding hydrogens is 292 g/mol. The van der Waals surface area contributed by atoms with Crippen molar-refractivity contribution in [3.63, 3.8) is 0 Å². The van der Waals surface area contributed by atoms with Crippen molar-refractivity contribution < 1.29 is 4.79 Å². The highest BCUT2D eigenvalue weighted by Crippen LogP contribution is 2.33. The van der Waals surface area contributed by atoms with Gasteiger partial charge in [0.2, 0.25) is 5.12 Å². The topological polar surface area (TPSA) is 46.3 Å². The number of nitrogens with zero attached hydrogens (tertiary/aromatic N) is 1. The van der Waals surface area contributed by atoms with Crippen LogP contribution in [0.25, 0.3) is 5.57 Å². The maximum atomic E-state index is 12.2. The number of anilines is 1. The van der Waals surface area contributed by atoms with Gasteiger partial charge in [0.1, 0.15) is 0 Å². The molecule has 3 nitrogen and oxygen atoms in total. The van der Waals surface area contributed by atoms with Crippen molar-refractivity contribution in [3.05, 3.63) is 47.2 Å². The molecule has 0 atom stereocenters. The average molecular weight is 314 g/mol. The number of benzene rings is 1. The largest absolute Gasteiger partial charge is 0.399 e. The van der Waals surface area contributed by atoms with Gasteiger partial charge in [-0.2, -0.15) is 0 Å². The number of carbonyl (C=O) groups excluding carboxylic acids is 1. The van der Waals surface area contributed by atoms with Crippen molar-refractivity contribution in [2.45, 2.75) is 32.2 Å². The lowest BCUT2D eigenvalue weighted by Gasteiger charge is -2.39. The van der Waals surface area contributed by atoms with Gasteiger partial charge in [0.15, 0.2) is 0 Å². The standard InChI is InChI=1S/C18H22N2OS/c1-12-8-13(11-20(10-12)15-4-3-5-15)16-7-6-14(19)9-17(16)18(21)22-2/h6-9,11,15H,3-5,10,19H2,1-2H3. The second-order valence-electron chi connectivity index (χ2n) is 6.13. The zero-order valence-corrected chi connectivity index (χ0v) is 14.0. The monoisotopic (exact) mass is 314 g/mol. The van der Waals surface area contributed by atoms with E-state index in [-0.39, 0.29) is 5.12 Å². The molecule has 1 aromatic rings. The lowest BCUT2D eigenvalue weighted by molar-refractivity contribution is 0.108. The van der Waals surface area contributed by atoms with E-state index in [4.69, 9.17) is 5.73 Å². The fourth-order valence-corrected chi connectivity index (χ4v) is 3.44. The Bertz CT molecular complexity index is 659. The Hall–Kier alpha value is -1.68. The Morgan fingerprint density at radius 1 is 1.36 bits per heavy atom. The molecule has 4 heteroatoms. The van der Waals surface area contributed by atoms with Crippen LogP contribution in [0.2, 0.25) is 0 Å². The SMILES string of the molecule is CSC(=O)c1cc(N)ccc1C1=CN(C2CCC2)CC(C)=C1. The van der Waals surface area contributed by atoms with Crippen molar-refractivity contribution in [1.82, 2.24) is 4.90 Å². The molecule has 1 aliphatic heterocycles. The van der Waals surface area contributed by atoms with Gasteiger partial charge in [0.05, 0.1) is 0 Å². The molecule has 3 rings (SSSR count). The summed E-state index contributed by atoms with van der Waals surface area (Å²) in [5.41, 5.74) is 10.7. The van der Waals surface area contributed by atoms with Gasteiger partial charge in [-0.25, -0.2) is 0 Å². The summed E-state index contributed by atoms with van der Waals surface area (Å²) in [6, 6.07) is 6.30. The lowest BCUT2D eigenvalue weighted by Crippen LogP contribution is -2.38. The molecule has 0 bridgehead atoms. The highest BCUT2D eigenvalue weighted by atomic mass is 32.2. The maximum Gasteiger partial charge on any atom is 0.219 e. The van der Waals surface area contributed by atoms with Crippen molar-refractivity contribution in [2.75, 3.05) is 18.5 Å². The van der Waals surface area contributed by atoms with Gasteiger partial charge in [-0.15, -0.1) is 0 Å². The predicted molar refractivity (Wildman–Crippen MR) is 94.8 cm³/mol. The van der Waals surface area contributed by atoms with Gasteiger partial charge in [-0.3, -0.25) is 4.79 Å². The van der Waals surface area contributed by atoms with Crippen LogP contribution in [0, 0.1) is 0 Å². The van der Waals surface area contributed by atoms with Crippen LogP contribution in [-0.2, 0) is 0 Å². The van der Waals surface area contributed by atoms with Crippen molar-refractivity contribution in [3.8, 4) is 0 Å². The summed E-state index contributed by atoms with van der Waals surface area (Å²) in [6.07, 6.45) is 10.1. The second kappa shape index (κ2) is 6.21. The molecule has 2 N–H and O–H groups in total. The Morgan fingerprint density at radius 3 is 2.77 bits per heavy atom. The third-order valence-electron chi connectivity index (χ3n) is 4.44. The summed E-state index contributed by atoms with van der Waals surface area (Å²) in [7, 11) is 0. The van der Waals surface area contributed by atoms with Gasteiger partial charge < -0.3 is 10.6 Å². The lowest BCUT2D eigenvalue weighted by atomic mass is 9.89. The van der Waals surface area contributed by atoms with Crippen LogP contribution < -0.4 is 5.73 Å². The Balaban J connectivity index is 2.01. The van der Waals surface area contributed by atoms with E-state index in [2.05, 4.69) is 24.1 Å². The summed E-state index contributed by atoms with van der Waals surface area (Å²) in [4.78, 5) is 14.7. The van der Waals surface area contributed by atoms with E-state index in [1.807, 2.05) is 18.4 Å². The molecule has 1 aromatic carbocycles. The first-order chi connectivity index (χ1) is 10.6.